The van der Waals surface area contributed by atoms with E-state index in [0.717, 1.165) is 0 Å². The van der Waals surface area contributed by atoms with Gasteiger partial charge in [-0.05, 0) is 24.6 Å². The molecule has 1 amide bonds. The molecule has 0 spiro atoms. The summed E-state index contributed by atoms with van der Waals surface area (Å²) in [5, 5.41) is 5.48. The first kappa shape index (κ1) is 16.2. The highest BCUT2D eigenvalue weighted by Crippen LogP contribution is 2.29. The molecule has 0 fully saturated rings. The zero-order valence-electron chi connectivity index (χ0n) is 11.6. The first-order valence-electron chi connectivity index (χ1n) is 6.04. The predicted octanol–water partition coefficient (Wildman–Crippen LogP) is 1.52. The van der Waals surface area contributed by atoms with Crippen molar-refractivity contribution in [1.82, 2.24) is 10.6 Å². The van der Waals surface area contributed by atoms with Crippen molar-refractivity contribution in [2.45, 2.75) is 26.1 Å². The molecule has 0 saturated heterocycles. The van der Waals surface area contributed by atoms with Crippen LogP contribution in [0.2, 0.25) is 0 Å². The van der Waals surface area contributed by atoms with Crippen molar-refractivity contribution >= 4 is 5.91 Å². The lowest BCUT2D eigenvalue weighted by Crippen LogP contribution is -2.40. The molecule has 0 aliphatic carbocycles. The number of benzene rings is 1. The van der Waals surface area contributed by atoms with E-state index in [0.29, 0.717) is 12.1 Å². The van der Waals surface area contributed by atoms with Crippen LogP contribution in [0.25, 0.3) is 0 Å². The lowest BCUT2D eigenvalue weighted by atomic mass is 10.2. The second-order valence-electron chi connectivity index (χ2n) is 4.08. The van der Waals surface area contributed by atoms with E-state index < -0.39 is 6.61 Å². The van der Waals surface area contributed by atoms with Crippen molar-refractivity contribution in [2.24, 2.45) is 0 Å². The molecule has 112 valence electrons. The number of halogens is 2. The topological polar surface area (TPSA) is 59.6 Å². The summed E-state index contributed by atoms with van der Waals surface area (Å²) in [7, 11) is 2.92. The summed E-state index contributed by atoms with van der Waals surface area (Å²) in [5.74, 6) is 0.0466. The normalized spacial score (nSPS) is 12.1. The second kappa shape index (κ2) is 7.64. The molecular formula is C13H18F2N2O3. The van der Waals surface area contributed by atoms with Gasteiger partial charge in [-0.15, -0.1) is 0 Å². The van der Waals surface area contributed by atoms with Gasteiger partial charge in [0, 0.05) is 13.6 Å². The Balaban J connectivity index is 2.74. The van der Waals surface area contributed by atoms with Crippen LogP contribution in [-0.2, 0) is 11.3 Å². The smallest absolute Gasteiger partial charge is 0.387 e. The van der Waals surface area contributed by atoms with Gasteiger partial charge in [0.1, 0.15) is 0 Å². The Morgan fingerprint density at radius 2 is 2.05 bits per heavy atom. The zero-order valence-corrected chi connectivity index (χ0v) is 11.6. The standard InChI is InChI=1S/C13H18F2N2O3/c1-8(12(18)16-2)17-7-9-4-5-10(19-3)11(6-9)20-13(14)15/h4-6,8,13,17H,7H2,1-3H3,(H,16,18). The predicted molar refractivity (Wildman–Crippen MR) is 70.0 cm³/mol. The van der Waals surface area contributed by atoms with Gasteiger partial charge >= 0.3 is 6.61 Å². The third-order valence-corrected chi connectivity index (χ3v) is 2.70. The van der Waals surface area contributed by atoms with E-state index >= 15 is 0 Å². The maximum absolute atomic E-state index is 12.3. The lowest BCUT2D eigenvalue weighted by Gasteiger charge is -2.14. The van der Waals surface area contributed by atoms with Crippen LogP contribution in [0.4, 0.5) is 8.78 Å². The number of hydrogen-bond acceptors (Lipinski definition) is 4. The van der Waals surface area contributed by atoms with Gasteiger partial charge in [-0.25, -0.2) is 0 Å². The van der Waals surface area contributed by atoms with Crippen molar-refractivity contribution in [2.75, 3.05) is 14.2 Å². The molecule has 1 aromatic rings. The highest BCUT2D eigenvalue weighted by molar-refractivity contribution is 5.80. The van der Waals surface area contributed by atoms with Gasteiger partial charge in [0.05, 0.1) is 13.2 Å². The van der Waals surface area contributed by atoms with E-state index in [-0.39, 0.29) is 23.4 Å². The van der Waals surface area contributed by atoms with Gasteiger partial charge in [0.2, 0.25) is 5.91 Å². The molecule has 2 N–H and O–H groups in total. The molecule has 0 aromatic heterocycles. The molecular weight excluding hydrogens is 270 g/mol. The fourth-order valence-electron chi connectivity index (χ4n) is 1.60. The summed E-state index contributed by atoms with van der Waals surface area (Å²) in [4.78, 5) is 11.3. The van der Waals surface area contributed by atoms with Crippen molar-refractivity contribution in [3.63, 3.8) is 0 Å². The van der Waals surface area contributed by atoms with E-state index in [2.05, 4.69) is 15.4 Å². The molecule has 1 rings (SSSR count). The van der Waals surface area contributed by atoms with Crippen LogP contribution in [0.3, 0.4) is 0 Å². The van der Waals surface area contributed by atoms with E-state index in [1.807, 2.05) is 0 Å². The fourth-order valence-corrected chi connectivity index (χ4v) is 1.60. The minimum atomic E-state index is -2.92. The molecule has 0 saturated carbocycles. The monoisotopic (exact) mass is 288 g/mol. The molecule has 1 atom stereocenters. The van der Waals surface area contributed by atoms with Crippen LogP contribution < -0.4 is 20.1 Å². The van der Waals surface area contributed by atoms with E-state index in [4.69, 9.17) is 4.74 Å². The summed E-state index contributed by atoms with van der Waals surface area (Å²) in [6.45, 7) is -0.867. The Hall–Kier alpha value is -1.89. The average molecular weight is 288 g/mol. The number of carbonyl (C=O) groups excluding carboxylic acids is 1. The van der Waals surface area contributed by atoms with Crippen LogP contribution in [0, 0.1) is 0 Å². The van der Waals surface area contributed by atoms with Gasteiger partial charge in [-0.1, -0.05) is 6.07 Å². The molecule has 7 heteroatoms. The number of likely N-dealkylation sites (N-methyl/N-ethyl adjacent to an activating group) is 1. The molecule has 0 heterocycles. The first-order chi connectivity index (χ1) is 9.47. The van der Waals surface area contributed by atoms with Gasteiger partial charge in [-0.3, -0.25) is 4.79 Å². The van der Waals surface area contributed by atoms with Gasteiger partial charge in [0.25, 0.3) is 0 Å². The summed E-state index contributed by atoms with van der Waals surface area (Å²) >= 11 is 0. The molecule has 5 nitrogen and oxygen atoms in total. The van der Waals surface area contributed by atoms with Gasteiger partial charge in [0.15, 0.2) is 11.5 Å². The Morgan fingerprint density at radius 3 is 2.60 bits per heavy atom. The summed E-state index contributed by atoms with van der Waals surface area (Å²) in [5.41, 5.74) is 0.706. The number of nitrogens with one attached hydrogen (secondary N) is 2. The Kier molecular flexibility index (Phi) is 6.17. The molecule has 0 aliphatic heterocycles. The number of amides is 1. The molecule has 1 unspecified atom stereocenters. The number of alkyl halides is 2. The maximum Gasteiger partial charge on any atom is 0.387 e. The van der Waals surface area contributed by atoms with Crippen molar-refractivity contribution in [1.29, 1.82) is 0 Å². The third-order valence-electron chi connectivity index (χ3n) is 2.70. The van der Waals surface area contributed by atoms with Crippen molar-refractivity contribution in [3.05, 3.63) is 23.8 Å². The van der Waals surface area contributed by atoms with Crippen LogP contribution in [-0.4, -0.2) is 32.7 Å². The second-order valence-corrected chi connectivity index (χ2v) is 4.08. The van der Waals surface area contributed by atoms with Crippen LogP contribution in [0.1, 0.15) is 12.5 Å². The van der Waals surface area contributed by atoms with Crippen LogP contribution in [0.15, 0.2) is 18.2 Å². The van der Waals surface area contributed by atoms with Gasteiger partial charge < -0.3 is 20.1 Å². The van der Waals surface area contributed by atoms with Crippen molar-refractivity contribution in [3.8, 4) is 11.5 Å². The fraction of sp³-hybridized carbons (Fsp3) is 0.462. The Labute approximate surface area is 116 Å². The summed E-state index contributed by atoms with van der Waals surface area (Å²) in [6.07, 6.45) is 0. The minimum Gasteiger partial charge on any atom is -0.493 e. The minimum absolute atomic E-state index is 0.0330. The van der Waals surface area contributed by atoms with Crippen LogP contribution >= 0.6 is 0 Å². The van der Waals surface area contributed by atoms with Crippen molar-refractivity contribution < 1.29 is 23.0 Å². The summed E-state index contributed by atoms with van der Waals surface area (Å²) in [6, 6.07) is 4.32. The average Bonchev–Trinajstić information content (AvgIpc) is 2.43. The van der Waals surface area contributed by atoms with E-state index in [1.165, 1.54) is 13.2 Å². The zero-order chi connectivity index (χ0) is 15.1. The highest BCUT2D eigenvalue weighted by atomic mass is 19.3. The Morgan fingerprint density at radius 1 is 1.35 bits per heavy atom. The largest absolute Gasteiger partial charge is 0.493 e. The number of hydrogen-bond donors (Lipinski definition) is 2. The van der Waals surface area contributed by atoms with Gasteiger partial charge in [-0.2, -0.15) is 8.78 Å². The number of methoxy groups -OCH3 is 1. The quantitative estimate of drug-likeness (QED) is 0.798. The molecule has 0 aliphatic rings. The number of rotatable bonds is 7. The number of ether oxygens (including phenoxy) is 2. The molecule has 20 heavy (non-hydrogen) atoms. The number of carbonyl (C=O) groups is 1. The van der Waals surface area contributed by atoms with Crippen LogP contribution in [0.5, 0.6) is 11.5 Å². The summed E-state index contributed by atoms with van der Waals surface area (Å²) < 4.78 is 33.9. The highest BCUT2D eigenvalue weighted by Gasteiger charge is 2.13. The first-order valence-corrected chi connectivity index (χ1v) is 6.04. The Bertz CT molecular complexity index is 455. The third kappa shape index (κ3) is 4.65. The SMILES string of the molecule is CNC(=O)C(C)NCc1ccc(OC)c(OC(F)F)c1. The molecule has 0 bridgehead atoms. The van der Waals surface area contributed by atoms with E-state index in [1.54, 1.807) is 26.1 Å². The maximum atomic E-state index is 12.3. The molecule has 0 radical (unpaired) electrons. The lowest BCUT2D eigenvalue weighted by molar-refractivity contribution is -0.122. The molecule has 1 aromatic carbocycles. The van der Waals surface area contributed by atoms with E-state index in [9.17, 15) is 13.6 Å².